The smallest absolute Gasteiger partial charge is 0.224 e. The van der Waals surface area contributed by atoms with E-state index in [1.54, 1.807) is 0 Å². The van der Waals surface area contributed by atoms with Crippen LogP contribution in [0.15, 0.2) is 0 Å². The van der Waals surface area contributed by atoms with E-state index >= 15 is 0 Å². The summed E-state index contributed by atoms with van der Waals surface area (Å²) in [5, 5.41) is 12.7. The summed E-state index contributed by atoms with van der Waals surface area (Å²) in [6.07, 6.45) is 5.16. The quantitative estimate of drug-likeness (QED) is 0.790. The van der Waals surface area contributed by atoms with Crippen molar-refractivity contribution >= 4 is 5.91 Å². The van der Waals surface area contributed by atoms with E-state index in [0.29, 0.717) is 24.3 Å². The zero-order chi connectivity index (χ0) is 13.0. The van der Waals surface area contributed by atoms with E-state index in [2.05, 4.69) is 12.2 Å². The highest BCUT2D eigenvalue weighted by Gasteiger charge is 2.28. The Morgan fingerprint density at radius 3 is 2.94 bits per heavy atom. The van der Waals surface area contributed by atoms with Gasteiger partial charge in [0.2, 0.25) is 5.91 Å². The summed E-state index contributed by atoms with van der Waals surface area (Å²) >= 11 is 0. The lowest BCUT2D eigenvalue weighted by Gasteiger charge is -2.35. The van der Waals surface area contributed by atoms with E-state index in [-0.39, 0.29) is 12.5 Å². The van der Waals surface area contributed by atoms with E-state index in [1.807, 2.05) is 4.90 Å². The Labute approximate surface area is 110 Å². The van der Waals surface area contributed by atoms with Crippen LogP contribution in [0.5, 0.6) is 0 Å². The lowest BCUT2D eigenvalue weighted by atomic mass is 9.90. The Balaban J connectivity index is 1.83. The van der Waals surface area contributed by atoms with Gasteiger partial charge in [-0.15, -0.1) is 0 Å². The molecule has 0 aromatic rings. The minimum atomic E-state index is 0.210. The molecule has 1 amide bonds. The molecule has 2 aliphatic rings. The molecular weight excluding hydrogens is 228 g/mol. The lowest BCUT2D eigenvalue weighted by Crippen LogP contribution is -2.47. The number of hydrogen-bond acceptors (Lipinski definition) is 3. The van der Waals surface area contributed by atoms with Crippen LogP contribution in [-0.4, -0.2) is 48.2 Å². The molecule has 2 fully saturated rings. The largest absolute Gasteiger partial charge is 0.396 e. The van der Waals surface area contributed by atoms with Crippen molar-refractivity contribution in [1.82, 2.24) is 10.2 Å². The SMILES string of the molecule is CC1CCCNC1CC(=O)N1CCCC(CO)C1. The molecule has 0 aromatic carbocycles. The Morgan fingerprint density at radius 1 is 1.39 bits per heavy atom. The van der Waals surface area contributed by atoms with Crippen LogP contribution in [-0.2, 0) is 4.79 Å². The molecule has 3 atom stereocenters. The molecule has 2 saturated heterocycles. The van der Waals surface area contributed by atoms with E-state index in [0.717, 1.165) is 32.5 Å². The number of rotatable bonds is 3. The lowest BCUT2D eigenvalue weighted by molar-refractivity contribution is -0.134. The van der Waals surface area contributed by atoms with Crippen molar-refractivity contribution in [2.75, 3.05) is 26.2 Å². The second-order valence-electron chi connectivity index (χ2n) is 5.91. The van der Waals surface area contributed by atoms with Gasteiger partial charge >= 0.3 is 0 Å². The van der Waals surface area contributed by atoms with Gasteiger partial charge < -0.3 is 15.3 Å². The zero-order valence-electron chi connectivity index (χ0n) is 11.4. The van der Waals surface area contributed by atoms with Crippen LogP contribution in [0.3, 0.4) is 0 Å². The molecule has 0 aromatic heterocycles. The summed E-state index contributed by atoms with van der Waals surface area (Å²) in [5.41, 5.74) is 0. The van der Waals surface area contributed by atoms with Crippen molar-refractivity contribution in [2.24, 2.45) is 11.8 Å². The average Bonchev–Trinajstić information content (AvgIpc) is 2.41. The van der Waals surface area contributed by atoms with Crippen LogP contribution in [0.1, 0.15) is 39.0 Å². The monoisotopic (exact) mass is 254 g/mol. The average molecular weight is 254 g/mol. The van der Waals surface area contributed by atoms with Crippen molar-refractivity contribution < 1.29 is 9.90 Å². The van der Waals surface area contributed by atoms with Crippen LogP contribution in [0.4, 0.5) is 0 Å². The summed E-state index contributed by atoms with van der Waals surface area (Å²) in [6.45, 7) is 5.10. The number of aliphatic hydroxyl groups is 1. The first kappa shape index (κ1) is 13.8. The number of carbonyl (C=O) groups excluding carboxylic acids is 1. The van der Waals surface area contributed by atoms with Crippen LogP contribution in [0, 0.1) is 11.8 Å². The number of nitrogens with zero attached hydrogens (tertiary/aromatic N) is 1. The van der Waals surface area contributed by atoms with Gasteiger partial charge in [0.25, 0.3) is 0 Å². The molecule has 3 unspecified atom stereocenters. The topological polar surface area (TPSA) is 52.6 Å². The normalized spacial score (nSPS) is 33.4. The first-order valence-electron chi connectivity index (χ1n) is 7.32. The predicted molar refractivity (Wildman–Crippen MR) is 71.2 cm³/mol. The summed E-state index contributed by atoms with van der Waals surface area (Å²) in [5.74, 6) is 1.15. The maximum absolute atomic E-state index is 12.3. The number of aliphatic hydroxyl groups excluding tert-OH is 1. The van der Waals surface area contributed by atoms with Crippen LogP contribution in [0.25, 0.3) is 0 Å². The van der Waals surface area contributed by atoms with Gasteiger partial charge in [-0.3, -0.25) is 4.79 Å². The maximum Gasteiger partial charge on any atom is 0.224 e. The third kappa shape index (κ3) is 3.45. The Hall–Kier alpha value is -0.610. The summed E-state index contributed by atoms with van der Waals surface area (Å²) in [7, 11) is 0. The fraction of sp³-hybridized carbons (Fsp3) is 0.929. The molecule has 0 bridgehead atoms. The Kier molecular flexibility index (Phi) is 5.01. The summed E-state index contributed by atoms with van der Waals surface area (Å²) in [4.78, 5) is 14.2. The molecule has 18 heavy (non-hydrogen) atoms. The molecule has 2 N–H and O–H groups in total. The first-order chi connectivity index (χ1) is 8.70. The third-order valence-electron chi connectivity index (χ3n) is 4.45. The second-order valence-corrected chi connectivity index (χ2v) is 5.91. The van der Waals surface area contributed by atoms with Gasteiger partial charge in [0, 0.05) is 32.2 Å². The zero-order valence-corrected chi connectivity index (χ0v) is 11.4. The van der Waals surface area contributed by atoms with E-state index in [9.17, 15) is 9.90 Å². The fourth-order valence-corrected chi connectivity index (χ4v) is 3.15. The van der Waals surface area contributed by atoms with Crippen LogP contribution in [0.2, 0.25) is 0 Å². The van der Waals surface area contributed by atoms with Gasteiger partial charge in [0.15, 0.2) is 0 Å². The molecule has 2 aliphatic heterocycles. The molecule has 0 saturated carbocycles. The van der Waals surface area contributed by atoms with Gasteiger partial charge in [0.05, 0.1) is 0 Å². The molecule has 0 aliphatic carbocycles. The predicted octanol–water partition coefficient (Wildman–Crippen LogP) is 0.995. The molecule has 0 radical (unpaired) electrons. The van der Waals surface area contributed by atoms with Crippen molar-refractivity contribution in [3.8, 4) is 0 Å². The third-order valence-corrected chi connectivity index (χ3v) is 4.45. The number of carbonyl (C=O) groups is 1. The molecule has 4 heteroatoms. The Morgan fingerprint density at radius 2 is 2.22 bits per heavy atom. The molecule has 2 heterocycles. The number of amides is 1. The number of piperidine rings is 2. The van der Waals surface area contributed by atoms with Gasteiger partial charge in [-0.2, -0.15) is 0 Å². The van der Waals surface area contributed by atoms with E-state index in [1.165, 1.54) is 12.8 Å². The van der Waals surface area contributed by atoms with Crippen molar-refractivity contribution in [2.45, 2.75) is 45.1 Å². The van der Waals surface area contributed by atoms with Crippen molar-refractivity contribution in [3.63, 3.8) is 0 Å². The van der Waals surface area contributed by atoms with Gasteiger partial charge in [-0.25, -0.2) is 0 Å². The molecule has 2 rings (SSSR count). The maximum atomic E-state index is 12.3. The van der Waals surface area contributed by atoms with E-state index < -0.39 is 0 Å². The van der Waals surface area contributed by atoms with Gasteiger partial charge in [-0.1, -0.05) is 6.92 Å². The Bertz CT molecular complexity index is 283. The fourth-order valence-electron chi connectivity index (χ4n) is 3.15. The number of nitrogens with one attached hydrogen (secondary N) is 1. The van der Waals surface area contributed by atoms with Crippen LogP contribution >= 0.6 is 0 Å². The highest BCUT2D eigenvalue weighted by molar-refractivity contribution is 5.77. The minimum Gasteiger partial charge on any atom is -0.396 e. The highest BCUT2D eigenvalue weighted by Crippen LogP contribution is 2.21. The van der Waals surface area contributed by atoms with Crippen molar-refractivity contribution in [3.05, 3.63) is 0 Å². The second kappa shape index (κ2) is 6.53. The van der Waals surface area contributed by atoms with Crippen molar-refractivity contribution in [1.29, 1.82) is 0 Å². The molecular formula is C14H26N2O2. The number of likely N-dealkylation sites (tertiary alicyclic amines) is 1. The number of hydrogen-bond donors (Lipinski definition) is 2. The molecule has 4 nitrogen and oxygen atoms in total. The van der Waals surface area contributed by atoms with Gasteiger partial charge in [-0.05, 0) is 44.1 Å². The summed E-state index contributed by atoms with van der Waals surface area (Å²) < 4.78 is 0. The molecule has 0 spiro atoms. The van der Waals surface area contributed by atoms with Gasteiger partial charge in [0.1, 0.15) is 0 Å². The molecule has 104 valence electrons. The first-order valence-corrected chi connectivity index (χ1v) is 7.32. The van der Waals surface area contributed by atoms with E-state index in [4.69, 9.17) is 0 Å². The highest BCUT2D eigenvalue weighted by atomic mass is 16.3. The standard InChI is InChI=1S/C14H26N2O2/c1-11-4-2-6-15-13(11)8-14(18)16-7-3-5-12(9-16)10-17/h11-13,15,17H,2-10H2,1H3. The van der Waals surface area contributed by atoms with Crippen LogP contribution < -0.4 is 5.32 Å². The summed E-state index contributed by atoms with van der Waals surface area (Å²) in [6, 6.07) is 0.348. The minimum absolute atomic E-state index is 0.210.